The molecule has 1 fully saturated rings. The van der Waals surface area contributed by atoms with E-state index in [0.717, 1.165) is 0 Å². The third-order valence-electron chi connectivity index (χ3n) is 4.01. The summed E-state index contributed by atoms with van der Waals surface area (Å²) >= 11 is 0. The van der Waals surface area contributed by atoms with Gasteiger partial charge in [-0.1, -0.05) is 12.1 Å². The maximum absolute atomic E-state index is 12.4. The maximum Gasteiger partial charge on any atom is 0.229 e. The van der Waals surface area contributed by atoms with Crippen LogP contribution in [0.3, 0.4) is 0 Å². The van der Waals surface area contributed by atoms with Gasteiger partial charge in [0.05, 0.1) is 18.7 Å². The number of carbonyl (C=O) groups is 2. The fourth-order valence-electron chi connectivity index (χ4n) is 2.76. The summed E-state index contributed by atoms with van der Waals surface area (Å²) < 4.78 is 5.29. The highest BCUT2D eigenvalue weighted by molar-refractivity contribution is 6.04. The fourth-order valence-corrected chi connectivity index (χ4v) is 2.76. The molecule has 0 unspecified atom stereocenters. The number of methoxy groups -OCH3 is 1. The molecular weight excluding hydrogens is 308 g/mol. The molecular formula is C18H18N2O4. The number of hydrogen-bond acceptors (Lipinski definition) is 4. The lowest BCUT2D eigenvalue weighted by atomic mass is 10.1. The van der Waals surface area contributed by atoms with Crippen LogP contribution in [0.15, 0.2) is 48.5 Å². The number of phenolic OH excluding ortho intramolecular Hbond substituents is 1. The zero-order valence-corrected chi connectivity index (χ0v) is 13.2. The van der Waals surface area contributed by atoms with E-state index in [1.165, 1.54) is 12.1 Å². The van der Waals surface area contributed by atoms with Gasteiger partial charge in [-0.05, 0) is 36.4 Å². The Kier molecular flexibility index (Phi) is 4.37. The lowest BCUT2D eigenvalue weighted by Crippen LogP contribution is -2.28. The molecule has 1 aliphatic rings. The fraction of sp³-hybridized carbons (Fsp3) is 0.222. The van der Waals surface area contributed by atoms with Crippen LogP contribution in [0.25, 0.3) is 0 Å². The van der Waals surface area contributed by atoms with Crippen LogP contribution in [0.4, 0.5) is 11.4 Å². The smallest absolute Gasteiger partial charge is 0.229 e. The predicted molar refractivity (Wildman–Crippen MR) is 90.2 cm³/mol. The van der Waals surface area contributed by atoms with Crippen molar-refractivity contribution in [2.45, 2.75) is 6.42 Å². The molecule has 3 rings (SSSR count). The van der Waals surface area contributed by atoms with Crippen LogP contribution in [0, 0.1) is 5.92 Å². The van der Waals surface area contributed by atoms with E-state index in [2.05, 4.69) is 5.32 Å². The van der Waals surface area contributed by atoms with Crippen molar-refractivity contribution in [3.63, 3.8) is 0 Å². The molecule has 0 saturated carbocycles. The van der Waals surface area contributed by atoms with Crippen molar-refractivity contribution in [1.82, 2.24) is 0 Å². The second kappa shape index (κ2) is 6.62. The number of nitrogens with one attached hydrogen (secondary N) is 1. The highest BCUT2D eigenvalue weighted by Gasteiger charge is 2.36. The number of aromatic hydroxyl groups is 1. The summed E-state index contributed by atoms with van der Waals surface area (Å²) in [5, 5.41) is 12.0. The molecule has 0 aliphatic carbocycles. The molecule has 1 atom stereocenters. The van der Waals surface area contributed by atoms with Gasteiger partial charge in [0.15, 0.2) is 0 Å². The van der Waals surface area contributed by atoms with Crippen LogP contribution in [-0.4, -0.2) is 30.6 Å². The van der Waals surface area contributed by atoms with E-state index in [4.69, 9.17) is 4.74 Å². The highest BCUT2D eigenvalue weighted by atomic mass is 16.5. The monoisotopic (exact) mass is 326 g/mol. The van der Waals surface area contributed by atoms with E-state index in [-0.39, 0.29) is 24.0 Å². The van der Waals surface area contributed by atoms with Gasteiger partial charge >= 0.3 is 0 Å². The van der Waals surface area contributed by atoms with Gasteiger partial charge in [0.1, 0.15) is 11.5 Å². The molecule has 24 heavy (non-hydrogen) atoms. The van der Waals surface area contributed by atoms with Gasteiger partial charge in [-0.3, -0.25) is 9.59 Å². The number of rotatable bonds is 4. The normalized spacial score (nSPS) is 17.0. The van der Waals surface area contributed by atoms with Crippen molar-refractivity contribution in [3.05, 3.63) is 48.5 Å². The maximum atomic E-state index is 12.4. The topological polar surface area (TPSA) is 78.9 Å². The Morgan fingerprint density at radius 3 is 2.62 bits per heavy atom. The summed E-state index contributed by atoms with van der Waals surface area (Å²) in [4.78, 5) is 26.3. The van der Waals surface area contributed by atoms with Gasteiger partial charge in [-0.25, -0.2) is 0 Å². The number of phenols is 1. The minimum absolute atomic E-state index is 0.106. The van der Waals surface area contributed by atoms with Gasteiger partial charge in [-0.2, -0.15) is 0 Å². The van der Waals surface area contributed by atoms with Crippen LogP contribution >= 0.6 is 0 Å². The van der Waals surface area contributed by atoms with Gasteiger partial charge in [-0.15, -0.1) is 0 Å². The summed E-state index contributed by atoms with van der Waals surface area (Å²) in [6.45, 7) is 0.309. The number of carbonyl (C=O) groups excluding carboxylic acids is 2. The first-order chi connectivity index (χ1) is 11.6. The van der Waals surface area contributed by atoms with Crippen molar-refractivity contribution < 1.29 is 19.4 Å². The second-order valence-corrected chi connectivity index (χ2v) is 5.61. The van der Waals surface area contributed by atoms with Gasteiger partial charge in [0.25, 0.3) is 0 Å². The third kappa shape index (κ3) is 3.17. The van der Waals surface area contributed by atoms with Crippen molar-refractivity contribution in [2.24, 2.45) is 5.92 Å². The lowest BCUT2D eigenvalue weighted by molar-refractivity contribution is -0.122. The Bertz CT molecular complexity index is 758. The van der Waals surface area contributed by atoms with E-state index in [1.54, 1.807) is 36.3 Å². The molecule has 2 amide bonds. The summed E-state index contributed by atoms with van der Waals surface area (Å²) in [5.41, 5.74) is 1.26. The van der Waals surface area contributed by atoms with Crippen LogP contribution in [0.1, 0.15) is 6.42 Å². The Hall–Kier alpha value is -3.02. The predicted octanol–water partition coefficient (Wildman–Crippen LogP) is 2.39. The highest BCUT2D eigenvalue weighted by Crippen LogP contribution is 2.33. The SMILES string of the molecule is COc1ccccc1N1C[C@@H](C(=O)Nc2ccc(O)cc2)CC1=O. The van der Waals surface area contributed by atoms with Gasteiger partial charge in [0.2, 0.25) is 11.8 Å². The summed E-state index contributed by atoms with van der Waals surface area (Å²) in [6.07, 6.45) is 0.155. The van der Waals surface area contributed by atoms with Crippen molar-refractivity contribution >= 4 is 23.2 Å². The molecule has 0 aromatic heterocycles. The van der Waals surface area contributed by atoms with Crippen molar-refractivity contribution in [1.29, 1.82) is 0 Å². The summed E-state index contributed by atoms with van der Waals surface area (Å²) in [5.74, 6) is -0.0233. The molecule has 0 bridgehead atoms. The standard InChI is InChI=1S/C18H18N2O4/c1-24-16-5-3-2-4-15(16)20-11-12(10-17(20)22)18(23)19-13-6-8-14(21)9-7-13/h2-9,12,21H,10-11H2,1H3,(H,19,23)/t12-/m0/s1. The molecule has 6 heteroatoms. The molecule has 1 aliphatic heterocycles. The van der Waals surface area contributed by atoms with Gasteiger partial charge < -0.3 is 20.1 Å². The largest absolute Gasteiger partial charge is 0.508 e. The molecule has 2 N–H and O–H groups in total. The Labute approximate surface area is 139 Å². The van der Waals surface area contributed by atoms with Gasteiger partial charge in [0, 0.05) is 18.7 Å². The summed E-state index contributed by atoms with van der Waals surface area (Å²) in [6, 6.07) is 13.5. The molecule has 1 heterocycles. The Morgan fingerprint density at radius 2 is 1.92 bits per heavy atom. The van der Waals surface area contributed by atoms with Crippen molar-refractivity contribution in [3.8, 4) is 11.5 Å². The number of ether oxygens (including phenoxy) is 1. The minimum atomic E-state index is -0.434. The van der Waals surface area contributed by atoms with E-state index in [0.29, 0.717) is 23.7 Å². The van der Waals surface area contributed by atoms with E-state index in [1.807, 2.05) is 12.1 Å². The average molecular weight is 326 g/mol. The van der Waals surface area contributed by atoms with Crippen molar-refractivity contribution in [2.75, 3.05) is 23.9 Å². The first-order valence-corrected chi connectivity index (χ1v) is 7.62. The number of benzene rings is 2. The lowest BCUT2D eigenvalue weighted by Gasteiger charge is -2.19. The van der Waals surface area contributed by atoms with Crippen LogP contribution in [-0.2, 0) is 9.59 Å². The number of para-hydroxylation sites is 2. The van der Waals surface area contributed by atoms with Crippen LogP contribution < -0.4 is 15.0 Å². The molecule has 1 saturated heterocycles. The first-order valence-electron chi connectivity index (χ1n) is 7.62. The van der Waals surface area contributed by atoms with E-state index in [9.17, 15) is 14.7 Å². The summed E-state index contributed by atoms with van der Waals surface area (Å²) in [7, 11) is 1.55. The number of hydrogen-bond donors (Lipinski definition) is 2. The average Bonchev–Trinajstić information content (AvgIpc) is 2.98. The minimum Gasteiger partial charge on any atom is -0.508 e. The van der Waals surface area contributed by atoms with Crippen LogP contribution in [0.2, 0.25) is 0 Å². The number of anilines is 2. The second-order valence-electron chi connectivity index (χ2n) is 5.61. The Morgan fingerprint density at radius 1 is 1.21 bits per heavy atom. The molecule has 6 nitrogen and oxygen atoms in total. The quantitative estimate of drug-likeness (QED) is 0.846. The molecule has 2 aromatic carbocycles. The zero-order chi connectivity index (χ0) is 17.1. The number of nitrogens with zero attached hydrogens (tertiary/aromatic N) is 1. The Balaban J connectivity index is 1.72. The van der Waals surface area contributed by atoms with E-state index < -0.39 is 5.92 Å². The third-order valence-corrected chi connectivity index (χ3v) is 4.01. The molecule has 124 valence electrons. The van der Waals surface area contributed by atoms with E-state index >= 15 is 0 Å². The first kappa shape index (κ1) is 15.9. The van der Waals surface area contributed by atoms with Crippen LogP contribution in [0.5, 0.6) is 11.5 Å². The zero-order valence-electron chi connectivity index (χ0n) is 13.2. The molecule has 0 radical (unpaired) electrons. The molecule has 0 spiro atoms. The number of amides is 2. The molecule has 2 aromatic rings.